The zero-order chi connectivity index (χ0) is 12.3. The van der Waals surface area contributed by atoms with E-state index in [2.05, 4.69) is 0 Å². The van der Waals surface area contributed by atoms with E-state index in [0.29, 0.717) is 6.54 Å². The minimum Gasteiger partial charge on any atom is -0.396 e. The summed E-state index contributed by atoms with van der Waals surface area (Å²) >= 11 is 0. The smallest absolute Gasteiger partial charge is 0.256 e. The molecule has 1 aromatic carbocycles. The molecule has 3 nitrogen and oxygen atoms in total. The Bertz CT molecular complexity index is 407. The van der Waals surface area contributed by atoms with Crippen LogP contribution in [0.5, 0.6) is 0 Å². The summed E-state index contributed by atoms with van der Waals surface area (Å²) in [4.78, 5) is 13.1. The maximum atomic E-state index is 13.5. The lowest BCUT2D eigenvalue weighted by Crippen LogP contribution is -2.28. The monoisotopic (exact) mass is 228 g/mol. The number of halogens is 2. The van der Waals surface area contributed by atoms with Gasteiger partial charge in [-0.25, -0.2) is 8.78 Å². The van der Waals surface area contributed by atoms with Gasteiger partial charge in [-0.2, -0.15) is 0 Å². The molecule has 0 saturated carbocycles. The fraction of sp³-hybridized carbons (Fsp3) is 0.364. The summed E-state index contributed by atoms with van der Waals surface area (Å²) in [5.41, 5.74) is 4.57. The van der Waals surface area contributed by atoms with Gasteiger partial charge in [-0.05, 0) is 18.6 Å². The van der Waals surface area contributed by atoms with Gasteiger partial charge in [0.05, 0.1) is 11.3 Å². The lowest BCUT2D eigenvalue weighted by atomic mass is 10.1. The van der Waals surface area contributed by atoms with Crippen LogP contribution in [-0.2, 0) is 0 Å². The van der Waals surface area contributed by atoms with Crippen LogP contribution in [0.2, 0.25) is 0 Å². The quantitative estimate of drug-likeness (QED) is 0.804. The van der Waals surface area contributed by atoms with Crippen LogP contribution in [0, 0.1) is 11.6 Å². The van der Waals surface area contributed by atoms with Crippen molar-refractivity contribution < 1.29 is 13.6 Å². The molecule has 0 bridgehead atoms. The van der Waals surface area contributed by atoms with E-state index in [1.54, 1.807) is 0 Å². The summed E-state index contributed by atoms with van der Waals surface area (Å²) in [5, 5.41) is 0. The first-order valence-corrected chi connectivity index (χ1v) is 4.97. The van der Waals surface area contributed by atoms with Gasteiger partial charge in [0.25, 0.3) is 5.91 Å². The van der Waals surface area contributed by atoms with Crippen molar-refractivity contribution in [2.45, 2.75) is 13.3 Å². The largest absolute Gasteiger partial charge is 0.396 e. The second-order valence-electron chi connectivity index (χ2n) is 3.58. The molecule has 0 unspecified atom stereocenters. The highest BCUT2D eigenvalue weighted by Crippen LogP contribution is 2.18. The van der Waals surface area contributed by atoms with Crippen LogP contribution in [0.3, 0.4) is 0 Å². The molecule has 0 fully saturated rings. The summed E-state index contributed by atoms with van der Waals surface area (Å²) in [6.07, 6.45) is 0.745. The highest BCUT2D eigenvalue weighted by Gasteiger charge is 2.18. The molecule has 5 heteroatoms. The Morgan fingerprint density at radius 2 is 2.06 bits per heavy atom. The van der Waals surface area contributed by atoms with Crippen LogP contribution in [0.15, 0.2) is 12.1 Å². The Balaban J connectivity index is 3.08. The van der Waals surface area contributed by atoms with E-state index >= 15 is 0 Å². The fourth-order valence-corrected chi connectivity index (χ4v) is 1.41. The maximum absolute atomic E-state index is 13.5. The summed E-state index contributed by atoms with van der Waals surface area (Å²) in [5.74, 6) is -2.15. The standard InChI is InChI=1S/C11H14F2N2O/c1-3-4-15(2)11(16)8-5-7(12)6-9(14)10(8)13/h5-6H,3-4,14H2,1-2H3. The predicted molar refractivity (Wildman–Crippen MR) is 58.0 cm³/mol. The molecule has 1 aromatic rings. The van der Waals surface area contributed by atoms with Gasteiger partial charge in [0, 0.05) is 13.6 Å². The second-order valence-corrected chi connectivity index (χ2v) is 3.58. The van der Waals surface area contributed by atoms with E-state index in [4.69, 9.17) is 5.73 Å². The number of nitrogen functional groups attached to an aromatic ring is 1. The number of nitrogens with zero attached hydrogens (tertiary/aromatic N) is 1. The zero-order valence-electron chi connectivity index (χ0n) is 9.26. The molecule has 0 saturated heterocycles. The van der Waals surface area contributed by atoms with E-state index in [-0.39, 0.29) is 11.3 Å². The first-order valence-electron chi connectivity index (χ1n) is 4.97. The van der Waals surface area contributed by atoms with Crippen LogP contribution in [-0.4, -0.2) is 24.4 Å². The van der Waals surface area contributed by atoms with Gasteiger partial charge in [0.1, 0.15) is 5.82 Å². The van der Waals surface area contributed by atoms with Gasteiger partial charge in [0.15, 0.2) is 5.82 Å². The van der Waals surface area contributed by atoms with Crippen molar-refractivity contribution in [2.24, 2.45) is 0 Å². The predicted octanol–water partition coefficient (Wildman–Crippen LogP) is 2.03. The number of hydrogen-bond acceptors (Lipinski definition) is 2. The van der Waals surface area contributed by atoms with Crippen LogP contribution in [0.1, 0.15) is 23.7 Å². The first-order chi connectivity index (χ1) is 7.47. The van der Waals surface area contributed by atoms with E-state index in [0.717, 1.165) is 18.6 Å². The second kappa shape index (κ2) is 4.92. The summed E-state index contributed by atoms with van der Waals surface area (Å²) in [6.45, 7) is 2.37. The van der Waals surface area contributed by atoms with Crippen LogP contribution < -0.4 is 5.73 Å². The third-order valence-corrected chi connectivity index (χ3v) is 2.20. The lowest BCUT2D eigenvalue weighted by Gasteiger charge is -2.16. The summed E-state index contributed by atoms with van der Waals surface area (Å²) in [7, 11) is 1.53. The van der Waals surface area contributed by atoms with E-state index < -0.39 is 17.5 Å². The molecule has 0 aliphatic heterocycles. The van der Waals surface area contributed by atoms with Gasteiger partial charge >= 0.3 is 0 Å². The van der Waals surface area contributed by atoms with Gasteiger partial charge in [-0.15, -0.1) is 0 Å². The van der Waals surface area contributed by atoms with Gasteiger partial charge in [-0.1, -0.05) is 6.92 Å². The molecular formula is C11H14F2N2O. The average molecular weight is 228 g/mol. The number of rotatable bonds is 3. The molecule has 0 aromatic heterocycles. The van der Waals surface area contributed by atoms with Gasteiger partial charge in [-0.3, -0.25) is 4.79 Å². The Labute approximate surface area is 92.8 Å². The number of carbonyl (C=O) groups excluding carboxylic acids is 1. The highest BCUT2D eigenvalue weighted by molar-refractivity contribution is 5.95. The number of nitrogens with two attached hydrogens (primary N) is 1. The van der Waals surface area contributed by atoms with Gasteiger partial charge in [0.2, 0.25) is 0 Å². The zero-order valence-corrected chi connectivity index (χ0v) is 9.26. The SMILES string of the molecule is CCCN(C)C(=O)c1cc(F)cc(N)c1F. The highest BCUT2D eigenvalue weighted by atomic mass is 19.1. The average Bonchev–Trinajstić information content (AvgIpc) is 2.22. The molecule has 1 rings (SSSR count). The van der Waals surface area contributed by atoms with E-state index in [1.165, 1.54) is 11.9 Å². The van der Waals surface area contributed by atoms with Crippen molar-refractivity contribution in [1.82, 2.24) is 4.90 Å². The first kappa shape index (κ1) is 12.4. The fourth-order valence-electron chi connectivity index (χ4n) is 1.41. The lowest BCUT2D eigenvalue weighted by molar-refractivity contribution is 0.0790. The molecule has 0 spiro atoms. The summed E-state index contributed by atoms with van der Waals surface area (Å²) < 4.78 is 26.5. The molecule has 0 aliphatic rings. The number of anilines is 1. The molecule has 0 aliphatic carbocycles. The maximum Gasteiger partial charge on any atom is 0.256 e. The van der Waals surface area contributed by atoms with E-state index in [9.17, 15) is 13.6 Å². The molecule has 0 radical (unpaired) electrons. The Hall–Kier alpha value is -1.65. The van der Waals surface area contributed by atoms with E-state index in [1.807, 2.05) is 6.92 Å². The number of benzene rings is 1. The number of carbonyl (C=O) groups is 1. The van der Waals surface area contributed by atoms with Crippen molar-refractivity contribution in [2.75, 3.05) is 19.3 Å². The molecule has 0 heterocycles. The van der Waals surface area contributed by atoms with Crippen molar-refractivity contribution in [3.63, 3.8) is 0 Å². The van der Waals surface area contributed by atoms with Gasteiger partial charge < -0.3 is 10.6 Å². The Morgan fingerprint density at radius 3 is 2.62 bits per heavy atom. The van der Waals surface area contributed by atoms with Crippen LogP contribution >= 0.6 is 0 Å². The summed E-state index contributed by atoms with van der Waals surface area (Å²) in [6, 6.07) is 1.71. The van der Waals surface area contributed by atoms with Crippen molar-refractivity contribution >= 4 is 11.6 Å². The molecule has 2 N–H and O–H groups in total. The third kappa shape index (κ3) is 2.48. The minimum atomic E-state index is -0.866. The minimum absolute atomic E-state index is 0.326. The Morgan fingerprint density at radius 1 is 1.44 bits per heavy atom. The molecule has 1 amide bonds. The molecule has 0 atom stereocenters. The van der Waals surface area contributed by atoms with Crippen molar-refractivity contribution in [1.29, 1.82) is 0 Å². The topological polar surface area (TPSA) is 46.3 Å². The molecule has 88 valence electrons. The Kier molecular flexibility index (Phi) is 3.82. The normalized spacial score (nSPS) is 10.2. The third-order valence-electron chi connectivity index (χ3n) is 2.20. The number of hydrogen-bond donors (Lipinski definition) is 1. The number of amides is 1. The molecular weight excluding hydrogens is 214 g/mol. The van der Waals surface area contributed by atoms with Crippen LogP contribution in [0.4, 0.5) is 14.5 Å². The van der Waals surface area contributed by atoms with Crippen molar-refractivity contribution in [3.05, 3.63) is 29.3 Å². The van der Waals surface area contributed by atoms with Crippen molar-refractivity contribution in [3.8, 4) is 0 Å². The van der Waals surface area contributed by atoms with Crippen LogP contribution in [0.25, 0.3) is 0 Å². The molecule has 16 heavy (non-hydrogen) atoms.